The van der Waals surface area contributed by atoms with Gasteiger partial charge in [-0.15, -0.1) is 0 Å². The first kappa shape index (κ1) is 20.4. The van der Waals surface area contributed by atoms with Crippen molar-refractivity contribution in [2.24, 2.45) is 5.92 Å². The zero-order chi connectivity index (χ0) is 16.5. The van der Waals surface area contributed by atoms with Crippen LogP contribution < -0.4 is 5.32 Å². The van der Waals surface area contributed by atoms with Crippen molar-refractivity contribution in [3.8, 4) is 0 Å². The minimum Gasteiger partial charge on any atom is -0.460 e. The average molecular weight is 300 g/mol. The first-order chi connectivity index (χ1) is 9.69. The van der Waals surface area contributed by atoms with E-state index in [1.165, 1.54) is 6.42 Å². The molecule has 0 saturated heterocycles. The summed E-state index contributed by atoms with van der Waals surface area (Å²) in [5.41, 5.74) is -0.402. The average Bonchev–Trinajstić information content (AvgIpc) is 2.39. The second kappa shape index (κ2) is 10.2. The van der Waals surface area contributed by atoms with E-state index in [0.717, 1.165) is 26.1 Å². The van der Waals surface area contributed by atoms with Gasteiger partial charge in [0.25, 0.3) is 0 Å². The fourth-order valence-corrected chi connectivity index (χ4v) is 2.13. The molecule has 0 amide bonds. The van der Waals surface area contributed by atoms with Gasteiger partial charge < -0.3 is 15.0 Å². The van der Waals surface area contributed by atoms with Gasteiger partial charge in [-0.3, -0.25) is 4.79 Å². The van der Waals surface area contributed by atoms with Crippen LogP contribution in [0.3, 0.4) is 0 Å². The Hall–Kier alpha value is -0.610. The molecule has 1 N–H and O–H groups in total. The monoisotopic (exact) mass is 300 g/mol. The summed E-state index contributed by atoms with van der Waals surface area (Å²) in [5, 5.41) is 3.44. The maximum absolute atomic E-state index is 11.9. The molecule has 0 heterocycles. The third-order valence-corrected chi connectivity index (χ3v) is 3.59. The number of carbonyl (C=O) groups excluding carboxylic acids is 1. The summed E-state index contributed by atoms with van der Waals surface area (Å²) in [4.78, 5) is 14.3. The van der Waals surface area contributed by atoms with Crippen LogP contribution in [0, 0.1) is 5.92 Å². The number of hydrogen-bond acceptors (Lipinski definition) is 4. The number of hydrogen-bond donors (Lipinski definition) is 1. The van der Waals surface area contributed by atoms with Crippen LogP contribution in [0.15, 0.2) is 0 Å². The molecule has 0 aliphatic carbocycles. The lowest BCUT2D eigenvalue weighted by Crippen LogP contribution is -2.36. The van der Waals surface area contributed by atoms with Crippen LogP contribution in [0.5, 0.6) is 0 Å². The Morgan fingerprint density at radius 1 is 1.19 bits per heavy atom. The van der Waals surface area contributed by atoms with E-state index in [2.05, 4.69) is 31.0 Å². The third kappa shape index (κ3) is 10.7. The summed E-state index contributed by atoms with van der Waals surface area (Å²) in [6, 6.07) is 0.436. The van der Waals surface area contributed by atoms with Crippen molar-refractivity contribution in [3.63, 3.8) is 0 Å². The normalized spacial score (nSPS) is 15.0. The summed E-state index contributed by atoms with van der Waals surface area (Å²) in [7, 11) is 0. The number of rotatable bonds is 10. The molecule has 0 aliphatic heterocycles. The van der Waals surface area contributed by atoms with Crippen LogP contribution in [-0.2, 0) is 9.53 Å². The molecule has 0 saturated carbocycles. The Morgan fingerprint density at radius 3 is 2.24 bits per heavy atom. The molecule has 0 aromatic carbocycles. The maximum Gasteiger partial charge on any atom is 0.310 e. The zero-order valence-corrected chi connectivity index (χ0v) is 15.2. The molecular formula is C17H36N2O2. The topological polar surface area (TPSA) is 41.6 Å². The fourth-order valence-electron chi connectivity index (χ4n) is 2.13. The number of nitrogens with one attached hydrogen (secondary N) is 1. The SMILES string of the molecule is CCN(CC)CCC[C@@H](C)NC[C@H](C)C(=O)OC(C)(C)C. The van der Waals surface area contributed by atoms with Crippen LogP contribution in [-0.4, -0.2) is 48.7 Å². The van der Waals surface area contributed by atoms with Crippen LogP contribution in [0.25, 0.3) is 0 Å². The molecule has 0 radical (unpaired) electrons. The molecule has 4 heteroatoms. The molecule has 0 bridgehead atoms. The van der Waals surface area contributed by atoms with Gasteiger partial charge in [0, 0.05) is 12.6 Å². The molecule has 0 aromatic rings. The van der Waals surface area contributed by atoms with Crippen molar-refractivity contribution < 1.29 is 9.53 Å². The highest BCUT2D eigenvalue weighted by atomic mass is 16.6. The summed E-state index contributed by atoms with van der Waals surface area (Å²) >= 11 is 0. The quantitative estimate of drug-likeness (QED) is 0.630. The minimum atomic E-state index is -0.402. The molecule has 2 atom stereocenters. The van der Waals surface area contributed by atoms with Crippen molar-refractivity contribution in [1.29, 1.82) is 0 Å². The van der Waals surface area contributed by atoms with E-state index in [-0.39, 0.29) is 11.9 Å². The highest BCUT2D eigenvalue weighted by Crippen LogP contribution is 2.11. The van der Waals surface area contributed by atoms with Crippen molar-refractivity contribution in [1.82, 2.24) is 10.2 Å². The molecule has 0 aromatic heterocycles. The molecular weight excluding hydrogens is 264 g/mol. The van der Waals surface area contributed by atoms with Gasteiger partial charge >= 0.3 is 5.97 Å². The largest absolute Gasteiger partial charge is 0.460 e. The Labute approximate surface area is 131 Å². The van der Waals surface area contributed by atoms with Gasteiger partial charge in [0.2, 0.25) is 0 Å². The van der Waals surface area contributed by atoms with Gasteiger partial charge in [0.05, 0.1) is 5.92 Å². The van der Waals surface area contributed by atoms with Gasteiger partial charge in [-0.2, -0.15) is 0 Å². The van der Waals surface area contributed by atoms with Crippen molar-refractivity contribution >= 4 is 5.97 Å². The number of nitrogens with zero attached hydrogens (tertiary/aromatic N) is 1. The third-order valence-electron chi connectivity index (χ3n) is 3.59. The Balaban J connectivity index is 3.86. The van der Waals surface area contributed by atoms with Crippen molar-refractivity contribution in [2.45, 2.75) is 73.0 Å². The fraction of sp³-hybridized carbons (Fsp3) is 0.941. The van der Waals surface area contributed by atoms with E-state index < -0.39 is 5.60 Å². The summed E-state index contributed by atoms with van der Waals surface area (Å²) < 4.78 is 5.39. The first-order valence-corrected chi connectivity index (χ1v) is 8.38. The number of carbonyl (C=O) groups is 1. The molecule has 4 nitrogen and oxygen atoms in total. The Kier molecular flexibility index (Phi) is 9.88. The first-order valence-electron chi connectivity index (χ1n) is 8.38. The van der Waals surface area contributed by atoms with E-state index in [4.69, 9.17) is 4.74 Å². The standard InChI is InChI=1S/C17H36N2O2/c1-8-19(9-2)12-10-11-15(4)18-13-14(3)16(20)21-17(5,6)7/h14-15,18H,8-13H2,1-7H3/t14-,15+/m0/s1. The van der Waals surface area contributed by atoms with E-state index in [0.29, 0.717) is 12.6 Å². The van der Waals surface area contributed by atoms with Crippen molar-refractivity contribution in [2.75, 3.05) is 26.2 Å². The van der Waals surface area contributed by atoms with E-state index in [9.17, 15) is 4.79 Å². The summed E-state index contributed by atoms with van der Waals surface area (Å²) in [6.07, 6.45) is 2.33. The van der Waals surface area contributed by atoms with E-state index in [1.54, 1.807) is 0 Å². The van der Waals surface area contributed by atoms with Crippen LogP contribution in [0.2, 0.25) is 0 Å². The second-order valence-electron chi connectivity index (χ2n) is 6.91. The smallest absolute Gasteiger partial charge is 0.310 e. The molecule has 0 rings (SSSR count). The lowest BCUT2D eigenvalue weighted by atomic mass is 10.1. The van der Waals surface area contributed by atoms with Gasteiger partial charge in [-0.1, -0.05) is 20.8 Å². The molecule has 126 valence electrons. The Bertz CT molecular complexity index is 283. The lowest BCUT2D eigenvalue weighted by molar-refractivity contribution is -0.159. The summed E-state index contributed by atoms with van der Waals surface area (Å²) in [5.74, 6) is -0.222. The molecule has 21 heavy (non-hydrogen) atoms. The lowest BCUT2D eigenvalue weighted by Gasteiger charge is -2.24. The van der Waals surface area contributed by atoms with Crippen LogP contribution in [0.4, 0.5) is 0 Å². The van der Waals surface area contributed by atoms with Gasteiger partial charge in [0.15, 0.2) is 0 Å². The Morgan fingerprint density at radius 2 is 1.76 bits per heavy atom. The van der Waals surface area contributed by atoms with Crippen LogP contribution in [0.1, 0.15) is 61.3 Å². The van der Waals surface area contributed by atoms with Gasteiger partial charge in [-0.05, 0) is 60.2 Å². The maximum atomic E-state index is 11.9. The van der Waals surface area contributed by atoms with Gasteiger partial charge in [0.1, 0.15) is 5.60 Å². The molecule has 0 fully saturated rings. The molecule has 0 spiro atoms. The van der Waals surface area contributed by atoms with Crippen molar-refractivity contribution in [3.05, 3.63) is 0 Å². The second-order valence-corrected chi connectivity index (χ2v) is 6.91. The molecule has 0 aliphatic rings. The minimum absolute atomic E-state index is 0.102. The highest BCUT2D eigenvalue weighted by molar-refractivity contribution is 5.72. The number of ether oxygens (including phenoxy) is 1. The summed E-state index contributed by atoms with van der Waals surface area (Å²) in [6.45, 7) is 18.3. The van der Waals surface area contributed by atoms with E-state index in [1.807, 2.05) is 27.7 Å². The molecule has 0 unspecified atom stereocenters. The predicted molar refractivity (Wildman–Crippen MR) is 89.5 cm³/mol. The zero-order valence-electron chi connectivity index (χ0n) is 15.2. The van der Waals surface area contributed by atoms with Gasteiger partial charge in [-0.25, -0.2) is 0 Å². The van der Waals surface area contributed by atoms with E-state index >= 15 is 0 Å². The van der Waals surface area contributed by atoms with Crippen LogP contribution >= 0.6 is 0 Å². The highest BCUT2D eigenvalue weighted by Gasteiger charge is 2.21. The number of esters is 1. The predicted octanol–water partition coefficient (Wildman–Crippen LogP) is 3.06.